The molecular weight excluding hydrogens is 275 g/mol. The van der Waals surface area contributed by atoms with Crippen LogP contribution < -0.4 is 10.9 Å². The first-order valence-electron chi connectivity index (χ1n) is 6.09. The van der Waals surface area contributed by atoms with Gasteiger partial charge in [-0.1, -0.05) is 18.2 Å². The molecule has 1 amide bonds. The smallest absolute Gasteiger partial charge is 0.349 e. The number of halogens is 1. The summed E-state index contributed by atoms with van der Waals surface area (Å²) in [5.41, 5.74) is -0.480. The van der Waals surface area contributed by atoms with Gasteiger partial charge in [0.2, 0.25) is 0 Å². The van der Waals surface area contributed by atoms with Gasteiger partial charge in [-0.2, -0.15) is 0 Å². The van der Waals surface area contributed by atoms with E-state index >= 15 is 0 Å². The summed E-state index contributed by atoms with van der Waals surface area (Å²) in [5.74, 6) is -1.03. The van der Waals surface area contributed by atoms with E-state index in [1.165, 1.54) is 12.1 Å². The van der Waals surface area contributed by atoms with Gasteiger partial charge in [-0.15, -0.1) is 0 Å². The molecule has 6 heteroatoms. The Hall–Kier alpha value is -3.02. The lowest BCUT2D eigenvalue weighted by Gasteiger charge is -2.04. The van der Waals surface area contributed by atoms with E-state index in [0.29, 0.717) is 11.0 Å². The minimum absolute atomic E-state index is 0.139. The third kappa shape index (κ3) is 2.64. The van der Waals surface area contributed by atoms with Gasteiger partial charge in [0.15, 0.2) is 0 Å². The molecule has 104 valence electrons. The van der Waals surface area contributed by atoms with Crippen molar-refractivity contribution >= 4 is 22.7 Å². The van der Waals surface area contributed by atoms with Gasteiger partial charge >= 0.3 is 5.63 Å². The number of aromatic nitrogens is 1. The quantitative estimate of drug-likeness (QED) is 0.734. The number of pyridine rings is 1. The van der Waals surface area contributed by atoms with E-state index in [1.54, 1.807) is 24.3 Å². The maximum absolute atomic E-state index is 12.7. The summed E-state index contributed by atoms with van der Waals surface area (Å²) in [4.78, 5) is 27.6. The number of carbonyl (C=O) groups is 1. The van der Waals surface area contributed by atoms with Crippen molar-refractivity contribution < 1.29 is 13.6 Å². The lowest BCUT2D eigenvalue weighted by Crippen LogP contribution is -2.21. The molecule has 21 heavy (non-hydrogen) atoms. The Morgan fingerprint density at radius 1 is 1.19 bits per heavy atom. The third-order valence-corrected chi connectivity index (χ3v) is 2.86. The first-order chi connectivity index (χ1) is 10.1. The summed E-state index contributed by atoms with van der Waals surface area (Å²) in [6.07, 6.45) is 0.971. The molecule has 2 aromatic heterocycles. The summed E-state index contributed by atoms with van der Waals surface area (Å²) >= 11 is 0. The number of para-hydroxylation sites is 1. The van der Waals surface area contributed by atoms with Gasteiger partial charge in [-0.05, 0) is 24.3 Å². The van der Waals surface area contributed by atoms with Crippen LogP contribution in [0.15, 0.2) is 57.9 Å². The van der Waals surface area contributed by atoms with Crippen molar-refractivity contribution in [2.24, 2.45) is 0 Å². The highest BCUT2D eigenvalue weighted by Gasteiger charge is 2.14. The number of nitrogens with zero attached hydrogens (tertiary/aromatic N) is 1. The molecular formula is C15H9FN2O3. The molecule has 2 heterocycles. The summed E-state index contributed by atoms with van der Waals surface area (Å²) < 4.78 is 17.8. The predicted molar refractivity (Wildman–Crippen MR) is 74.6 cm³/mol. The van der Waals surface area contributed by atoms with E-state index in [0.717, 1.165) is 12.3 Å². The molecule has 0 saturated carbocycles. The van der Waals surface area contributed by atoms with E-state index < -0.39 is 17.3 Å². The molecule has 0 fully saturated rings. The number of fused-ring (bicyclic) bond motifs is 1. The molecule has 5 nitrogen and oxygen atoms in total. The van der Waals surface area contributed by atoms with Crippen molar-refractivity contribution in [2.45, 2.75) is 0 Å². The zero-order chi connectivity index (χ0) is 14.8. The highest BCUT2D eigenvalue weighted by Crippen LogP contribution is 2.13. The number of hydrogen-bond donors (Lipinski definition) is 1. The summed E-state index contributed by atoms with van der Waals surface area (Å²) in [6.45, 7) is 0. The van der Waals surface area contributed by atoms with Crippen molar-refractivity contribution in [2.75, 3.05) is 5.32 Å². The van der Waals surface area contributed by atoms with Crippen LogP contribution in [-0.4, -0.2) is 10.9 Å². The van der Waals surface area contributed by atoms with Crippen LogP contribution in [0.2, 0.25) is 0 Å². The van der Waals surface area contributed by atoms with Gasteiger partial charge < -0.3 is 9.73 Å². The molecule has 0 aliphatic carbocycles. The number of amides is 1. The number of rotatable bonds is 2. The largest absolute Gasteiger partial charge is 0.422 e. The van der Waals surface area contributed by atoms with E-state index in [-0.39, 0.29) is 11.4 Å². The minimum Gasteiger partial charge on any atom is -0.422 e. The molecule has 0 bridgehead atoms. The highest BCUT2D eigenvalue weighted by molar-refractivity contribution is 6.04. The predicted octanol–water partition coefficient (Wildman–Crippen LogP) is 2.58. The lowest BCUT2D eigenvalue weighted by atomic mass is 10.2. The number of anilines is 1. The molecule has 1 N–H and O–H groups in total. The van der Waals surface area contributed by atoms with Gasteiger partial charge in [0.25, 0.3) is 5.91 Å². The molecule has 0 radical (unpaired) electrons. The average Bonchev–Trinajstić information content (AvgIpc) is 2.49. The Morgan fingerprint density at radius 2 is 2.00 bits per heavy atom. The Morgan fingerprint density at radius 3 is 2.76 bits per heavy atom. The Balaban J connectivity index is 1.95. The van der Waals surface area contributed by atoms with Gasteiger partial charge in [0.1, 0.15) is 22.8 Å². The SMILES string of the molecule is O=C(Nc1ccc(F)cn1)c1cc2ccccc2oc1=O. The van der Waals surface area contributed by atoms with Crippen LogP contribution in [0.5, 0.6) is 0 Å². The Bertz CT molecular complexity index is 872. The zero-order valence-corrected chi connectivity index (χ0v) is 10.7. The fourth-order valence-electron chi connectivity index (χ4n) is 1.85. The van der Waals surface area contributed by atoms with Crippen LogP contribution in [0.25, 0.3) is 11.0 Å². The Kier molecular flexibility index (Phi) is 3.19. The summed E-state index contributed by atoms with van der Waals surface area (Å²) in [6, 6.07) is 10.8. The normalized spacial score (nSPS) is 10.5. The van der Waals surface area contributed by atoms with Crippen molar-refractivity contribution in [3.05, 3.63) is 70.5 Å². The van der Waals surface area contributed by atoms with E-state index in [1.807, 2.05) is 0 Å². The standard InChI is InChI=1S/C15H9FN2O3/c16-10-5-6-13(17-8-10)18-14(19)11-7-9-3-1-2-4-12(9)21-15(11)20/h1-8H,(H,17,18,19). The van der Waals surface area contributed by atoms with E-state index in [9.17, 15) is 14.0 Å². The molecule has 0 unspecified atom stereocenters. The Labute approximate surface area is 118 Å². The third-order valence-electron chi connectivity index (χ3n) is 2.86. The van der Waals surface area contributed by atoms with Gasteiger partial charge in [-0.25, -0.2) is 14.2 Å². The lowest BCUT2D eigenvalue weighted by molar-refractivity contribution is 0.102. The average molecular weight is 284 g/mol. The van der Waals surface area contributed by atoms with Crippen molar-refractivity contribution in [3.8, 4) is 0 Å². The van der Waals surface area contributed by atoms with Crippen LogP contribution >= 0.6 is 0 Å². The maximum Gasteiger partial charge on any atom is 0.349 e. The van der Waals surface area contributed by atoms with Crippen LogP contribution in [0.4, 0.5) is 10.2 Å². The molecule has 0 atom stereocenters. The van der Waals surface area contributed by atoms with Crippen molar-refractivity contribution in [1.82, 2.24) is 4.98 Å². The highest BCUT2D eigenvalue weighted by atomic mass is 19.1. The van der Waals surface area contributed by atoms with Crippen LogP contribution in [0.3, 0.4) is 0 Å². The van der Waals surface area contributed by atoms with Crippen LogP contribution in [-0.2, 0) is 0 Å². The number of benzene rings is 1. The first-order valence-corrected chi connectivity index (χ1v) is 6.09. The second-order valence-corrected chi connectivity index (χ2v) is 4.30. The van der Waals surface area contributed by atoms with E-state index in [4.69, 9.17) is 4.42 Å². The van der Waals surface area contributed by atoms with Gasteiger partial charge in [0.05, 0.1) is 6.20 Å². The molecule has 0 aliphatic heterocycles. The van der Waals surface area contributed by atoms with E-state index in [2.05, 4.69) is 10.3 Å². The molecule has 0 aliphatic rings. The second-order valence-electron chi connectivity index (χ2n) is 4.30. The molecule has 3 aromatic rings. The second kappa shape index (κ2) is 5.16. The zero-order valence-electron chi connectivity index (χ0n) is 10.7. The first kappa shape index (κ1) is 13.0. The van der Waals surface area contributed by atoms with Crippen molar-refractivity contribution in [3.63, 3.8) is 0 Å². The monoisotopic (exact) mass is 284 g/mol. The fraction of sp³-hybridized carbons (Fsp3) is 0. The fourth-order valence-corrected chi connectivity index (χ4v) is 1.85. The minimum atomic E-state index is -0.742. The van der Waals surface area contributed by atoms with Gasteiger partial charge in [-0.3, -0.25) is 4.79 Å². The molecule has 3 rings (SSSR count). The number of nitrogens with one attached hydrogen (secondary N) is 1. The van der Waals surface area contributed by atoms with Crippen LogP contribution in [0, 0.1) is 5.82 Å². The number of carbonyl (C=O) groups excluding carboxylic acids is 1. The summed E-state index contributed by atoms with van der Waals surface area (Å²) in [5, 5.41) is 3.05. The van der Waals surface area contributed by atoms with Gasteiger partial charge in [0, 0.05) is 5.39 Å². The van der Waals surface area contributed by atoms with Crippen molar-refractivity contribution in [1.29, 1.82) is 0 Å². The topological polar surface area (TPSA) is 72.2 Å². The number of hydrogen-bond acceptors (Lipinski definition) is 4. The molecule has 0 saturated heterocycles. The molecule has 1 aromatic carbocycles. The van der Waals surface area contributed by atoms with Crippen LogP contribution in [0.1, 0.15) is 10.4 Å². The molecule has 0 spiro atoms. The summed E-state index contributed by atoms with van der Waals surface area (Å²) in [7, 11) is 0. The maximum atomic E-state index is 12.7.